The van der Waals surface area contributed by atoms with Gasteiger partial charge in [-0.3, -0.25) is 4.79 Å². The van der Waals surface area contributed by atoms with Gasteiger partial charge in [0.2, 0.25) is 0 Å². The van der Waals surface area contributed by atoms with E-state index in [-0.39, 0.29) is 34.7 Å². The van der Waals surface area contributed by atoms with Gasteiger partial charge in [-0.25, -0.2) is 0 Å². The number of allylic oxidation sites excluding steroid dienone is 3. The van der Waals surface area contributed by atoms with Gasteiger partial charge in [-0.15, -0.1) is 6.58 Å². The molecule has 3 aliphatic rings. The fourth-order valence-electron chi connectivity index (χ4n) is 6.02. The van der Waals surface area contributed by atoms with E-state index in [1.165, 1.54) is 5.57 Å². The van der Waals surface area contributed by atoms with Crippen LogP contribution >= 0.6 is 0 Å². The SMILES string of the molecule is C=C[C@@]1(C)C[C@@H]2[C@@](C)(CO)C[C@@H](O)C[C@@]2(C)[C@H]2CCC(=O)C=C21. The van der Waals surface area contributed by atoms with Gasteiger partial charge >= 0.3 is 0 Å². The first kappa shape index (κ1) is 16.9. The van der Waals surface area contributed by atoms with E-state index in [9.17, 15) is 15.0 Å². The van der Waals surface area contributed by atoms with Crippen LogP contribution in [0.5, 0.6) is 0 Å². The zero-order chi connectivity index (χ0) is 17.0. The van der Waals surface area contributed by atoms with Gasteiger partial charge in [0.15, 0.2) is 5.78 Å². The smallest absolute Gasteiger partial charge is 0.155 e. The molecule has 0 aromatic rings. The minimum atomic E-state index is -0.375. The first-order valence-corrected chi connectivity index (χ1v) is 8.86. The normalized spacial score (nSPS) is 49.9. The number of aliphatic hydroxyl groups is 2. The van der Waals surface area contributed by atoms with Gasteiger partial charge in [-0.1, -0.05) is 32.4 Å². The third-order valence-electron chi connectivity index (χ3n) is 7.28. The molecule has 3 heteroatoms. The molecule has 3 nitrogen and oxygen atoms in total. The molecule has 0 unspecified atom stereocenters. The van der Waals surface area contributed by atoms with E-state index < -0.39 is 0 Å². The minimum Gasteiger partial charge on any atom is -0.396 e. The van der Waals surface area contributed by atoms with Crippen LogP contribution in [0.3, 0.4) is 0 Å². The molecule has 2 N–H and O–H groups in total. The maximum Gasteiger partial charge on any atom is 0.155 e. The average Bonchev–Trinajstić information content (AvgIpc) is 2.49. The van der Waals surface area contributed by atoms with Gasteiger partial charge in [0.05, 0.1) is 6.10 Å². The number of carbonyl (C=O) groups is 1. The lowest BCUT2D eigenvalue weighted by Crippen LogP contribution is -2.59. The molecule has 3 rings (SSSR count). The highest BCUT2D eigenvalue weighted by atomic mass is 16.3. The van der Waals surface area contributed by atoms with E-state index in [0.717, 1.165) is 19.3 Å². The lowest BCUT2D eigenvalue weighted by atomic mass is 9.41. The molecule has 0 amide bonds. The summed E-state index contributed by atoms with van der Waals surface area (Å²) < 4.78 is 0. The Balaban J connectivity index is 2.14. The van der Waals surface area contributed by atoms with Crippen LogP contribution < -0.4 is 0 Å². The summed E-state index contributed by atoms with van der Waals surface area (Å²) in [5.41, 5.74) is 0.675. The Labute approximate surface area is 139 Å². The summed E-state index contributed by atoms with van der Waals surface area (Å²) in [5, 5.41) is 20.6. The second-order valence-electron chi connectivity index (χ2n) is 8.92. The third-order valence-corrected chi connectivity index (χ3v) is 7.28. The van der Waals surface area contributed by atoms with E-state index in [0.29, 0.717) is 24.7 Å². The van der Waals surface area contributed by atoms with Crippen molar-refractivity contribution in [3.05, 3.63) is 24.3 Å². The molecule has 0 aliphatic heterocycles. The zero-order valence-corrected chi connectivity index (χ0v) is 14.6. The number of carbonyl (C=O) groups excluding carboxylic acids is 1. The molecule has 0 saturated heterocycles. The van der Waals surface area contributed by atoms with Crippen molar-refractivity contribution in [2.24, 2.45) is 28.1 Å². The predicted molar refractivity (Wildman–Crippen MR) is 90.8 cm³/mol. The topological polar surface area (TPSA) is 57.5 Å². The summed E-state index contributed by atoms with van der Waals surface area (Å²) in [6.07, 6.45) is 7.23. The van der Waals surface area contributed by atoms with E-state index >= 15 is 0 Å². The predicted octanol–water partition coefficient (Wildman–Crippen LogP) is 3.26. The summed E-state index contributed by atoms with van der Waals surface area (Å²) in [4.78, 5) is 12.0. The molecule has 2 fully saturated rings. The molecular weight excluding hydrogens is 288 g/mol. The molecule has 23 heavy (non-hydrogen) atoms. The Bertz CT molecular complexity index is 565. The van der Waals surface area contributed by atoms with Crippen LogP contribution in [0.25, 0.3) is 0 Å². The van der Waals surface area contributed by atoms with Crippen LogP contribution in [0.2, 0.25) is 0 Å². The summed E-state index contributed by atoms with van der Waals surface area (Å²) >= 11 is 0. The molecule has 0 bridgehead atoms. The summed E-state index contributed by atoms with van der Waals surface area (Å²) in [7, 11) is 0. The number of hydrogen-bond donors (Lipinski definition) is 2. The van der Waals surface area contributed by atoms with Crippen molar-refractivity contribution in [1.29, 1.82) is 0 Å². The Kier molecular flexibility index (Phi) is 3.89. The van der Waals surface area contributed by atoms with Crippen molar-refractivity contribution in [2.75, 3.05) is 6.61 Å². The van der Waals surface area contributed by atoms with E-state index in [1.807, 2.05) is 12.2 Å². The van der Waals surface area contributed by atoms with Crippen molar-refractivity contribution >= 4 is 5.78 Å². The fraction of sp³-hybridized carbons (Fsp3) is 0.750. The highest BCUT2D eigenvalue weighted by molar-refractivity contribution is 5.91. The number of rotatable bonds is 2. The monoisotopic (exact) mass is 318 g/mol. The molecule has 0 aromatic carbocycles. The number of hydrogen-bond acceptors (Lipinski definition) is 3. The van der Waals surface area contributed by atoms with Gasteiger partial charge < -0.3 is 10.2 Å². The highest BCUT2D eigenvalue weighted by Crippen LogP contribution is 2.66. The quantitative estimate of drug-likeness (QED) is 0.768. The largest absolute Gasteiger partial charge is 0.396 e. The summed E-state index contributed by atoms with van der Waals surface area (Å²) in [5.74, 6) is 0.831. The molecule has 0 spiro atoms. The van der Waals surface area contributed by atoms with Crippen molar-refractivity contribution < 1.29 is 15.0 Å². The van der Waals surface area contributed by atoms with Gasteiger partial charge in [-0.05, 0) is 54.4 Å². The molecule has 0 radical (unpaired) electrons. The number of aliphatic hydroxyl groups excluding tert-OH is 2. The molecule has 0 heterocycles. The van der Waals surface area contributed by atoms with Gasteiger partial charge in [0, 0.05) is 18.4 Å². The minimum absolute atomic E-state index is 0.0653. The van der Waals surface area contributed by atoms with Crippen LogP contribution in [0.15, 0.2) is 24.3 Å². The average molecular weight is 318 g/mol. The van der Waals surface area contributed by atoms with Gasteiger partial charge in [-0.2, -0.15) is 0 Å². The van der Waals surface area contributed by atoms with Crippen LogP contribution in [0.1, 0.15) is 52.9 Å². The first-order valence-electron chi connectivity index (χ1n) is 8.86. The van der Waals surface area contributed by atoms with E-state index in [1.54, 1.807) is 0 Å². The van der Waals surface area contributed by atoms with Crippen LogP contribution in [0, 0.1) is 28.1 Å². The molecule has 3 aliphatic carbocycles. The molecule has 128 valence electrons. The molecular formula is C20H30O3. The Morgan fingerprint density at radius 2 is 2.00 bits per heavy atom. The van der Waals surface area contributed by atoms with Crippen LogP contribution in [-0.2, 0) is 4.79 Å². The molecule has 2 saturated carbocycles. The lowest BCUT2D eigenvalue weighted by molar-refractivity contribution is -0.146. The van der Waals surface area contributed by atoms with Gasteiger partial charge in [0.1, 0.15) is 0 Å². The summed E-state index contributed by atoms with van der Waals surface area (Å²) in [6, 6.07) is 0. The van der Waals surface area contributed by atoms with Crippen LogP contribution in [-0.4, -0.2) is 28.7 Å². The number of ketones is 1. The van der Waals surface area contributed by atoms with Crippen molar-refractivity contribution in [3.63, 3.8) is 0 Å². The fourth-order valence-corrected chi connectivity index (χ4v) is 6.02. The second-order valence-corrected chi connectivity index (χ2v) is 8.92. The van der Waals surface area contributed by atoms with Crippen molar-refractivity contribution in [1.82, 2.24) is 0 Å². The van der Waals surface area contributed by atoms with Crippen LogP contribution in [0.4, 0.5) is 0 Å². The summed E-state index contributed by atoms with van der Waals surface area (Å²) in [6.45, 7) is 10.7. The maximum absolute atomic E-state index is 12.0. The van der Waals surface area contributed by atoms with Crippen molar-refractivity contribution in [2.45, 2.75) is 59.0 Å². The lowest BCUT2D eigenvalue weighted by Gasteiger charge is -2.63. The first-order chi connectivity index (χ1) is 10.7. The number of fused-ring (bicyclic) bond motifs is 3. The Hall–Kier alpha value is -0.930. The van der Waals surface area contributed by atoms with E-state index in [4.69, 9.17) is 0 Å². The maximum atomic E-state index is 12.0. The Morgan fingerprint density at radius 3 is 2.61 bits per heavy atom. The standard InChI is InChI=1S/C20H30O3/c1-5-18(2)11-17-19(3,12-21)9-14(23)10-20(17,4)15-7-6-13(22)8-16(15)18/h5,8,14-15,17,21,23H,1,6-7,9-12H2,2-4H3/t14-,15+,17-,18+,19-,20+/m1/s1. The van der Waals surface area contributed by atoms with Gasteiger partial charge in [0.25, 0.3) is 0 Å². The second kappa shape index (κ2) is 5.29. The Morgan fingerprint density at radius 1 is 1.30 bits per heavy atom. The molecule has 6 atom stereocenters. The zero-order valence-electron chi connectivity index (χ0n) is 14.6. The highest BCUT2D eigenvalue weighted by Gasteiger charge is 2.61. The van der Waals surface area contributed by atoms with E-state index in [2.05, 4.69) is 27.4 Å². The van der Waals surface area contributed by atoms with Crippen molar-refractivity contribution in [3.8, 4) is 0 Å². The third kappa shape index (κ3) is 2.35. The molecule has 0 aromatic heterocycles.